The van der Waals surface area contributed by atoms with E-state index in [1.165, 1.54) is 6.07 Å². The van der Waals surface area contributed by atoms with Crippen LogP contribution in [0.15, 0.2) is 41.3 Å². The average Bonchev–Trinajstić information content (AvgIpc) is 3.64. The van der Waals surface area contributed by atoms with Crippen molar-refractivity contribution in [1.82, 2.24) is 15.0 Å². The van der Waals surface area contributed by atoms with Crippen molar-refractivity contribution in [2.75, 3.05) is 13.1 Å². The number of pyridine rings is 1. The highest BCUT2D eigenvalue weighted by atomic mass is 35.5. The number of Topliss-reactive ketones (excluding diaryl/α,β-unsaturated/α-hetero) is 1. The second kappa shape index (κ2) is 9.82. The SMILES string of the molecule is Cc1ccc2c(c1)CC(C(=O)CC1CCN(NC(=O)c3cn(C4CC4)c4cc(Cl)c(F)cc4c3=O)CC1)O2. The molecule has 1 unspecified atom stereocenters. The third-order valence-electron chi connectivity index (χ3n) is 7.87. The van der Waals surface area contributed by atoms with Crippen molar-refractivity contribution in [2.24, 2.45) is 5.92 Å². The highest BCUT2D eigenvalue weighted by Gasteiger charge is 2.32. The van der Waals surface area contributed by atoms with Gasteiger partial charge in [-0.05, 0) is 62.3 Å². The van der Waals surface area contributed by atoms with Crippen molar-refractivity contribution < 1.29 is 18.7 Å². The van der Waals surface area contributed by atoms with Crippen LogP contribution in [0.3, 0.4) is 0 Å². The van der Waals surface area contributed by atoms with E-state index in [0.717, 1.165) is 48.6 Å². The molecule has 1 saturated carbocycles. The van der Waals surface area contributed by atoms with Crippen LogP contribution in [0.2, 0.25) is 5.02 Å². The highest BCUT2D eigenvalue weighted by molar-refractivity contribution is 6.31. The Balaban J connectivity index is 1.08. The van der Waals surface area contributed by atoms with Crippen molar-refractivity contribution in [1.29, 1.82) is 0 Å². The van der Waals surface area contributed by atoms with Gasteiger partial charge >= 0.3 is 0 Å². The molecule has 0 spiro atoms. The van der Waals surface area contributed by atoms with Gasteiger partial charge in [0.25, 0.3) is 5.91 Å². The molecule has 198 valence electrons. The van der Waals surface area contributed by atoms with Gasteiger partial charge in [0.05, 0.1) is 10.5 Å². The number of amides is 1. The number of ketones is 1. The molecule has 38 heavy (non-hydrogen) atoms. The molecular formula is C29H29ClFN3O4. The zero-order chi connectivity index (χ0) is 26.6. The van der Waals surface area contributed by atoms with Crippen LogP contribution >= 0.6 is 11.6 Å². The maximum Gasteiger partial charge on any atom is 0.271 e. The summed E-state index contributed by atoms with van der Waals surface area (Å²) in [7, 11) is 0. The number of fused-ring (bicyclic) bond motifs is 2. The normalized spacial score (nSPS) is 19.8. The van der Waals surface area contributed by atoms with Crippen LogP contribution in [0.25, 0.3) is 10.9 Å². The minimum Gasteiger partial charge on any atom is -0.482 e. The lowest BCUT2D eigenvalue weighted by Crippen LogP contribution is -2.48. The van der Waals surface area contributed by atoms with Gasteiger partial charge in [-0.25, -0.2) is 9.40 Å². The number of carbonyl (C=O) groups excluding carboxylic acids is 2. The maximum atomic E-state index is 14.2. The number of aryl methyl sites for hydroxylation is 1. The lowest BCUT2D eigenvalue weighted by molar-refractivity contribution is -0.126. The molecule has 3 aliphatic rings. The van der Waals surface area contributed by atoms with E-state index in [-0.39, 0.29) is 33.7 Å². The molecule has 1 N–H and O–H groups in total. The number of aromatic nitrogens is 1. The van der Waals surface area contributed by atoms with Crippen molar-refractivity contribution >= 4 is 34.2 Å². The first kappa shape index (κ1) is 25.1. The second-order valence-electron chi connectivity index (χ2n) is 10.8. The maximum absolute atomic E-state index is 14.2. The minimum atomic E-state index is -0.685. The lowest BCUT2D eigenvalue weighted by Gasteiger charge is -2.32. The first-order chi connectivity index (χ1) is 18.3. The van der Waals surface area contributed by atoms with Gasteiger partial charge in [0, 0.05) is 43.6 Å². The summed E-state index contributed by atoms with van der Waals surface area (Å²) in [5.74, 6) is -0.0687. The molecule has 9 heteroatoms. The summed E-state index contributed by atoms with van der Waals surface area (Å²) in [6.45, 7) is 3.17. The second-order valence-corrected chi connectivity index (χ2v) is 11.2. The molecule has 7 nitrogen and oxygen atoms in total. The quantitative estimate of drug-likeness (QED) is 0.490. The predicted octanol–water partition coefficient (Wildman–Crippen LogP) is 4.76. The smallest absolute Gasteiger partial charge is 0.271 e. The van der Waals surface area contributed by atoms with Crippen LogP contribution < -0.4 is 15.6 Å². The van der Waals surface area contributed by atoms with E-state index >= 15 is 0 Å². The Morgan fingerprint density at radius 2 is 1.89 bits per heavy atom. The Bertz CT molecular complexity index is 1510. The number of hydrogen-bond acceptors (Lipinski definition) is 5. The third kappa shape index (κ3) is 4.83. The number of hydrazine groups is 1. The number of carbonyl (C=O) groups is 2. The number of rotatable bonds is 6. The van der Waals surface area contributed by atoms with Crippen molar-refractivity contribution in [3.05, 3.63) is 74.3 Å². The van der Waals surface area contributed by atoms with E-state index in [1.54, 1.807) is 11.2 Å². The van der Waals surface area contributed by atoms with Gasteiger partial charge in [0.2, 0.25) is 5.43 Å². The zero-order valence-electron chi connectivity index (χ0n) is 21.1. The van der Waals surface area contributed by atoms with Crippen molar-refractivity contribution in [3.8, 4) is 5.75 Å². The Morgan fingerprint density at radius 3 is 2.63 bits per heavy atom. The van der Waals surface area contributed by atoms with Gasteiger partial charge in [-0.15, -0.1) is 0 Å². The summed E-state index contributed by atoms with van der Waals surface area (Å²) in [6, 6.07) is 8.73. The lowest BCUT2D eigenvalue weighted by atomic mass is 9.90. The molecule has 2 fully saturated rings. The van der Waals surface area contributed by atoms with Crippen LogP contribution in [0.4, 0.5) is 4.39 Å². The van der Waals surface area contributed by atoms with Crippen LogP contribution in [0.1, 0.15) is 59.6 Å². The molecule has 2 aromatic carbocycles. The topological polar surface area (TPSA) is 80.6 Å². The monoisotopic (exact) mass is 537 g/mol. The minimum absolute atomic E-state index is 0.0170. The van der Waals surface area contributed by atoms with E-state index in [1.807, 2.05) is 23.6 Å². The predicted molar refractivity (Wildman–Crippen MR) is 142 cm³/mol. The fourth-order valence-corrected chi connectivity index (χ4v) is 5.74. The molecule has 0 bridgehead atoms. The molecule has 2 aliphatic heterocycles. The molecule has 6 rings (SSSR count). The van der Waals surface area contributed by atoms with Gasteiger partial charge in [-0.3, -0.25) is 19.8 Å². The van der Waals surface area contributed by atoms with Crippen LogP contribution in [-0.2, 0) is 11.2 Å². The number of piperidine rings is 1. The average molecular weight is 538 g/mol. The molecule has 3 aromatic rings. The molecular weight excluding hydrogens is 509 g/mol. The summed E-state index contributed by atoms with van der Waals surface area (Å²) in [6.07, 6.45) is 5.56. The number of benzene rings is 2. The van der Waals surface area contributed by atoms with E-state index in [0.29, 0.717) is 31.4 Å². The Hall–Kier alpha value is -3.23. The number of nitrogens with zero attached hydrogens (tertiary/aromatic N) is 2. The van der Waals surface area contributed by atoms with Gasteiger partial charge < -0.3 is 9.30 Å². The van der Waals surface area contributed by atoms with Crippen LogP contribution in [0.5, 0.6) is 5.75 Å². The molecule has 1 aromatic heterocycles. The molecule has 1 aliphatic carbocycles. The molecule has 0 radical (unpaired) electrons. The zero-order valence-corrected chi connectivity index (χ0v) is 21.9. The fraction of sp³-hybridized carbons (Fsp3) is 0.414. The van der Waals surface area contributed by atoms with E-state index in [4.69, 9.17) is 16.3 Å². The number of hydrogen-bond donors (Lipinski definition) is 1. The van der Waals surface area contributed by atoms with Gasteiger partial charge in [0.15, 0.2) is 11.9 Å². The molecule has 3 heterocycles. The first-order valence-electron chi connectivity index (χ1n) is 13.2. The summed E-state index contributed by atoms with van der Waals surface area (Å²) in [5, 5.41) is 1.89. The van der Waals surface area contributed by atoms with E-state index in [9.17, 15) is 18.8 Å². The van der Waals surface area contributed by atoms with Crippen LogP contribution in [-0.4, -0.2) is 40.5 Å². The highest BCUT2D eigenvalue weighted by Crippen LogP contribution is 2.38. The standard InChI is InChI=1S/C29H29ClFN3O4/c1-16-2-5-26-18(10-16)12-27(38-26)25(35)11-17-6-8-33(9-7-17)32-29(37)21-15-34(19-3-4-19)24-14-22(30)23(31)13-20(24)28(21)36/h2,5,10,13-15,17,19,27H,3-4,6-9,11-12H2,1H3,(H,32,37). The van der Waals surface area contributed by atoms with E-state index in [2.05, 4.69) is 11.5 Å². The Kier molecular flexibility index (Phi) is 6.48. The van der Waals surface area contributed by atoms with Gasteiger partial charge in [-0.1, -0.05) is 29.3 Å². The Morgan fingerprint density at radius 1 is 1.13 bits per heavy atom. The molecule has 1 saturated heterocycles. The summed E-state index contributed by atoms with van der Waals surface area (Å²) in [5.41, 5.74) is 5.09. The molecule has 1 atom stereocenters. The van der Waals surface area contributed by atoms with Crippen molar-refractivity contribution in [3.63, 3.8) is 0 Å². The number of nitrogens with one attached hydrogen (secondary N) is 1. The summed E-state index contributed by atoms with van der Waals surface area (Å²) in [4.78, 5) is 39.2. The summed E-state index contributed by atoms with van der Waals surface area (Å²) >= 11 is 5.97. The number of halogens is 2. The van der Waals surface area contributed by atoms with Crippen molar-refractivity contribution in [2.45, 2.75) is 57.6 Å². The largest absolute Gasteiger partial charge is 0.482 e. The summed E-state index contributed by atoms with van der Waals surface area (Å²) < 4.78 is 21.9. The van der Waals surface area contributed by atoms with E-state index < -0.39 is 23.3 Å². The third-order valence-corrected chi connectivity index (χ3v) is 8.16. The van der Waals surface area contributed by atoms with Gasteiger partial charge in [0.1, 0.15) is 17.1 Å². The first-order valence-corrected chi connectivity index (χ1v) is 13.5. The van der Waals surface area contributed by atoms with Gasteiger partial charge in [-0.2, -0.15) is 0 Å². The molecule has 1 amide bonds. The van der Waals surface area contributed by atoms with Crippen LogP contribution in [0, 0.1) is 18.7 Å². The number of ether oxygens (including phenoxy) is 1. The Labute approximate surface area is 224 Å². The fourth-order valence-electron chi connectivity index (χ4n) is 5.59.